The van der Waals surface area contributed by atoms with E-state index in [9.17, 15) is 5.11 Å². The number of aromatic hydroxyl groups is 1. The van der Waals surface area contributed by atoms with E-state index in [0.717, 1.165) is 17.5 Å². The van der Waals surface area contributed by atoms with E-state index in [1.54, 1.807) is 12.3 Å². The second-order valence-electron chi connectivity index (χ2n) is 5.17. The minimum absolute atomic E-state index is 0.0704. The number of phenols is 1. The molecule has 0 unspecified atom stereocenters. The minimum atomic E-state index is 0.0704. The summed E-state index contributed by atoms with van der Waals surface area (Å²) in [4.78, 5) is 0. The standard InChI is InChI=1S/C14H19N3O/c1-4-14(2,3)9-5-6-12(18)10(7-9)11-8-16-17-13(11)15/h5-8,18H,4H2,1-3H3,(H3,15,16,17). The van der Waals surface area contributed by atoms with Crippen LogP contribution in [0.25, 0.3) is 11.1 Å². The van der Waals surface area contributed by atoms with Gasteiger partial charge in [0.25, 0.3) is 0 Å². The number of aromatic amines is 1. The van der Waals surface area contributed by atoms with Crippen molar-refractivity contribution in [2.45, 2.75) is 32.6 Å². The topological polar surface area (TPSA) is 74.9 Å². The van der Waals surface area contributed by atoms with Crippen molar-refractivity contribution < 1.29 is 5.11 Å². The van der Waals surface area contributed by atoms with Gasteiger partial charge in [-0.1, -0.05) is 26.8 Å². The highest BCUT2D eigenvalue weighted by Gasteiger charge is 2.20. The monoisotopic (exact) mass is 245 g/mol. The molecular weight excluding hydrogens is 226 g/mol. The van der Waals surface area contributed by atoms with Crippen LogP contribution >= 0.6 is 0 Å². The summed E-state index contributed by atoms with van der Waals surface area (Å²) in [7, 11) is 0. The Morgan fingerprint density at radius 3 is 2.61 bits per heavy atom. The van der Waals surface area contributed by atoms with E-state index in [1.165, 1.54) is 5.56 Å². The van der Waals surface area contributed by atoms with Gasteiger partial charge in [0.1, 0.15) is 11.6 Å². The predicted octanol–water partition coefficient (Wildman–Crippen LogP) is 3.05. The predicted molar refractivity (Wildman–Crippen MR) is 73.4 cm³/mol. The van der Waals surface area contributed by atoms with E-state index in [2.05, 4.69) is 31.0 Å². The van der Waals surface area contributed by atoms with Crippen LogP contribution in [0, 0.1) is 0 Å². The molecule has 96 valence electrons. The third kappa shape index (κ3) is 2.06. The Morgan fingerprint density at radius 1 is 1.33 bits per heavy atom. The number of benzene rings is 1. The lowest BCUT2D eigenvalue weighted by molar-refractivity contribution is 0.473. The van der Waals surface area contributed by atoms with Gasteiger partial charge in [0, 0.05) is 11.1 Å². The molecule has 0 amide bonds. The maximum Gasteiger partial charge on any atom is 0.126 e. The van der Waals surface area contributed by atoms with Crippen LogP contribution in [-0.4, -0.2) is 15.3 Å². The summed E-state index contributed by atoms with van der Waals surface area (Å²) in [5, 5.41) is 16.5. The molecule has 4 N–H and O–H groups in total. The highest BCUT2D eigenvalue weighted by Crippen LogP contribution is 2.36. The zero-order valence-corrected chi connectivity index (χ0v) is 11.0. The molecule has 1 heterocycles. The molecule has 0 aliphatic carbocycles. The van der Waals surface area contributed by atoms with Crippen LogP contribution in [0.5, 0.6) is 5.75 Å². The molecular formula is C14H19N3O. The third-order valence-corrected chi connectivity index (χ3v) is 3.62. The first-order valence-electron chi connectivity index (χ1n) is 6.08. The summed E-state index contributed by atoms with van der Waals surface area (Å²) in [6, 6.07) is 5.66. The van der Waals surface area contributed by atoms with Gasteiger partial charge in [-0.3, -0.25) is 5.10 Å². The molecule has 0 spiro atoms. The number of H-pyrrole nitrogens is 1. The van der Waals surface area contributed by atoms with Crippen molar-refractivity contribution in [3.05, 3.63) is 30.0 Å². The van der Waals surface area contributed by atoms with Crippen molar-refractivity contribution in [1.82, 2.24) is 10.2 Å². The van der Waals surface area contributed by atoms with Gasteiger partial charge in [0.15, 0.2) is 0 Å². The zero-order valence-electron chi connectivity index (χ0n) is 11.0. The van der Waals surface area contributed by atoms with E-state index < -0.39 is 0 Å². The average molecular weight is 245 g/mol. The molecule has 4 heteroatoms. The SMILES string of the molecule is CCC(C)(C)c1ccc(O)c(-c2cn[nH]c2N)c1. The van der Waals surface area contributed by atoms with Crippen LogP contribution in [0.15, 0.2) is 24.4 Å². The first-order chi connectivity index (χ1) is 8.45. The summed E-state index contributed by atoms with van der Waals surface area (Å²) in [5.41, 5.74) is 8.51. The lowest BCUT2D eigenvalue weighted by atomic mass is 9.81. The molecule has 0 saturated carbocycles. The first kappa shape index (κ1) is 12.5. The number of anilines is 1. The van der Waals surface area contributed by atoms with Crippen LogP contribution in [0.4, 0.5) is 5.82 Å². The van der Waals surface area contributed by atoms with Crippen LogP contribution in [0.1, 0.15) is 32.8 Å². The molecule has 0 radical (unpaired) electrons. The van der Waals surface area contributed by atoms with Crippen LogP contribution in [0.3, 0.4) is 0 Å². The van der Waals surface area contributed by atoms with Crippen molar-refractivity contribution in [2.24, 2.45) is 0 Å². The van der Waals surface area contributed by atoms with Gasteiger partial charge in [-0.15, -0.1) is 0 Å². The highest BCUT2D eigenvalue weighted by atomic mass is 16.3. The third-order valence-electron chi connectivity index (χ3n) is 3.62. The lowest BCUT2D eigenvalue weighted by Gasteiger charge is -2.24. The highest BCUT2D eigenvalue weighted by molar-refractivity contribution is 5.78. The maximum absolute atomic E-state index is 9.97. The molecule has 0 aliphatic heterocycles. The summed E-state index contributed by atoms with van der Waals surface area (Å²) < 4.78 is 0. The fourth-order valence-electron chi connectivity index (χ4n) is 1.89. The second kappa shape index (κ2) is 4.37. The molecule has 1 aromatic carbocycles. The summed E-state index contributed by atoms with van der Waals surface area (Å²) in [5.74, 6) is 0.690. The smallest absolute Gasteiger partial charge is 0.126 e. The first-order valence-corrected chi connectivity index (χ1v) is 6.08. The molecule has 1 aromatic heterocycles. The maximum atomic E-state index is 9.97. The normalized spacial score (nSPS) is 11.7. The van der Waals surface area contributed by atoms with Gasteiger partial charge in [0.05, 0.1) is 6.20 Å². The number of hydrogen-bond acceptors (Lipinski definition) is 3. The van der Waals surface area contributed by atoms with Crippen LogP contribution in [-0.2, 0) is 5.41 Å². The van der Waals surface area contributed by atoms with Gasteiger partial charge in [-0.2, -0.15) is 5.10 Å². The summed E-state index contributed by atoms with van der Waals surface area (Å²) in [6.07, 6.45) is 2.66. The molecule has 2 aromatic rings. The van der Waals surface area contributed by atoms with E-state index in [4.69, 9.17) is 5.73 Å². The van der Waals surface area contributed by atoms with E-state index in [0.29, 0.717) is 5.82 Å². The number of phenolic OH excluding ortho intramolecular Hbond substituents is 1. The van der Waals surface area contributed by atoms with Crippen LogP contribution < -0.4 is 5.73 Å². The van der Waals surface area contributed by atoms with E-state index in [-0.39, 0.29) is 11.2 Å². The minimum Gasteiger partial charge on any atom is -0.507 e. The Bertz CT molecular complexity index is 558. The van der Waals surface area contributed by atoms with Crippen molar-refractivity contribution >= 4 is 5.82 Å². The van der Waals surface area contributed by atoms with Gasteiger partial charge in [0.2, 0.25) is 0 Å². The number of nitrogens with zero attached hydrogens (tertiary/aromatic N) is 1. The zero-order chi connectivity index (χ0) is 13.3. The Balaban J connectivity index is 2.56. The fourth-order valence-corrected chi connectivity index (χ4v) is 1.89. The number of rotatable bonds is 3. The molecule has 0 fully saturated rings. The Kier molecular flexibility index (Phi) is 3.03. The van der Waals surface area contributed by atoms with Crippen LogP contribution in [0.2, 0.25) is 0 Å². The Hall–Kier alpha value is -1.97. The number of aromatic nitrogens is 2. The quantitative estimate of drug-likeness (QED) is 0.778. The van der Waals surface area contributed by atoms with E-state index in [1.807, 2.05) is 12.1 Å². The number of nitrogen functional groups attached to an aromatic ring is 1. The molecule has 0 bridgehead atoms. The molecule has 18 heavy (non-hydrogen) atoms. The van der Waals surface area contributed by atoms with Crippen molar-refractivity contribution in [1.29, 1.82) is 0 Å². The number of nitrogens with one attached hydrogen (secondary N) is 1. The van der Waals surface area contributed by atoms with Gasteiger partial charge in [-0.25, -0.2) is 0 Å². The molecule has 0 atom stereocenters. The van der Waals surface area contributed by atoms with Crippen molar-refractivity contribution in [2.75, 3.05) is 5.73 Å². The van der Waals surface area contributed by atoms with Gasteiger partial charge >= 0.3 is 0 Å². The molecule has 4 nitrogen and oxygen atoms in total. The number of nitrogens with two attached hydrogens (primary N) is 1. The molecule has 0 aliphatic rings. The van der Waals surface area contributed by atoms with Gasteiger partial charge in [-0.05, 0) is 29.5 Å². The largest absolute Gasteiger partial charge is 0.507 e. The Morgan fingerprint density at radius 2 is 2.06 bits per heavy atom. The average Bonchev–Trinajstić information content (AvgIpc) is 2.76. The second-order valence-corrected chi connectivity index (χ2v) is 5.17. The molecule has 0 saturated heterocycles. The van der Waals surface area contributed by atoms with E-state index >= 15 is 0 Å². The van der Waals surface area contributed by atoms with Gasteiger partial charge < -0.3 is 10.8 Å². The summed E-state index contributed by atoms with van der Waals surface area (Å²) >= 11 is 0. The number of hydrogen-bond donors (Lipinski definition) is 3. The Labute approximate surface area is 107 Å². The molecule has 2 rings (SSSR count). The van der Waals surface area contributed by atoms with Crippen molar-refractivity contribution in [3.63, 3.8) is 0 Å². The summed E-state index contributed by atoms with van der Waals surface area (Å²) in [6.45, 7) is 6.52. The fraction of sp³-hybridized carbons (Fsp3) is 0.357. The van der Waals surface area contributed by atoms with Crippen molar-refractivity contribution in [3.8, 4) is 16.9 Å². The lowest BCUT2D eigenvalue weighted by Crippen LogP contribution is -2.15.